The predicted octanol–water partition coefficient (Wildman–Crippen LogP) is 4.80. The molecule has 0 amide bonds. The molecule has 0 N–H and O–H groups in total. The molecule has 97 valence electrons. The molecule has 0 saturated carbocycles. The molecule has 0 spiro atoms. The van der Waals surface area contributed by atoms with Crippen molar-refractivity contribution >= 4 is 6.29 Å². The summed E-state index contributed by atoms with van der Waals surface area (Å²) in [5.41, 5.74) is 0. The van der Waals surface area contributed by atoms with E-state index < -0.39 is 0 Å². The molecule has 0 rings (SSSR count). The van der Waals surface area contributed by atoms with E-state index in [9.17, 15) is 4.79 Å². The highest BCUT2D eigenvalue weighted by Gasteiger charge is 1.92. The van der Waals surface area contributed by atoms with Crippen LogP contribution in [0.1, 0.15) is 84.0 Å². The first-order valence-corrected chi connectivity index (χ1v) is 7.26. The van der Waals surface area contributed by atoms with Crippen LogP contribution in [0.2, 0.25) is 0 Å². The zero-order chi connectivity index (χ0) is 12.6. The standard InChI is InChI=1S/C16H27O/c1-2-3-4-5-6-7-8-9-10-11-12-13-14-15-16-17/h2-13H2,1H3. The molecule has 1 nitrogen and oxygen atoms in total. The third-order valence-corrected chi connectivity index (χ3v) is 3.04. The van der Waals surface area contributed by atoms with E-state index in [0.717, 1.165) is 12.8 Å². The summed E-state index contributed by atoms with van der Waals surface area (Å²) in [6.45, 7) is 2.26. The molecule has 0 heterocycles. The van der Waals surface area contributed by atoms with E-state index in [2.05, 4.69) is 18.8 Å². The van der Waals surface area contributed by atoms with Crippen molar-refractivity contribution in [3.05, 3.63) is 0 Å². The van der Waals surface area contributed by atoms with Crippen LogP contribution in [0, 0.1) is 11.8 Å². The number of carbonyl (C=O) groups excluding carboxylic acids is 1. The fourth-order valence-corrected chi connectivity index (χ4v) is 1.98. The van der Waals surface area contributed by atoms with Crippen molar-refractivity contribution in [1.29, 1.82) is 0 Å². The summed E-state index contributed by atoms with van der Waals surface area (Å²) in [5, 5.41) is 0. The summed E-state index contributed by atoms with van der Waals surface area (Å²) in [7, 11) is 0. The molecule has 0 bridgehead atoms. The monoisotopic (exact) mass is 235 g/mol. The molecular weight excluding hydrogens is 208 g/mol. The molecule has 0 aromatic carbocycles. The number of hydrogen-bond acceptors (Lipinski definition) is 1. The minimum absolute atomic E-state index is 0.853. The van der Waals surface area contributed by atoms with E-state index in [0.29, 0.717) is 0 Å². The van der Waals surface area contributed by atoms with Gasteiger partial charge in [-0.2, -0.15) is 0 Å². The normalized spacial score (nSPS) is 9.71. The van der Waals surface area contributed by atoms with Crippen LogP contribution in [0.4, 0.5) is 0 Å². The van der Waals surface area contributed by atoms with Gasteiger partial charge in [0, 0.05) is 6.42 Å². The van der Waals surface area contributed by atoms with Crippen LogP contribution in [0.5, 0.6) is 0 Å². The SMILES string of the molecule is CCCCCCCCCCCCCC#C[C]=O. The van der Waals surface area contributed by atoms with Crippen molar-refractivity contribution in [2.75, 3.05) is 0 Å². The van der Waals surface area contributed by atoms with E-state index in [4.69, 9.17) is 0 Å². The van der Waals surface area contributed by atoms with Crippen molar-refractivity contribution in [2.45, 2.75) is 84.0 Å². The first kappa shape index (κ1) is 16.2. The van der Waals surface area contributed by atoms with E-state index in [1.165, 1.54) is 64.2 Å². The van der Waals surface area contributed by atoms with Crippen LogP contribution in [-0.4, -0.2) is 6.29 Å². The molecule has 0 atom stereocenters. The van der Waals surface area contributed by atoms with E-state index in [-0.39, 0.29) is 0 Å². The van der Waals surface area contributed by atoms with Gasteiger partial charge in [-0.25, -0.2) is 0 Å². The summed E-state index contributed by atoms with van der Waals surface area (Å²) in [6.07, 6.45) is 17.3. The Kier molecular flexibility index (Phi) is 14.5. The zero-order valence-corrected chi connectivity index (χ0v) is 11.4. The van der Waals surface area contributed by atoms with Gasteiger partial charge in [-0.05, 0) is 12.3 Å². The average Bonchev–Trinajstić information content (AvgIpc) is 2.35. The van der Waals surface area contributed by atoms with Gasteiger partial charge in [0.1, 0.15) is 0 Å². The van der Waals surface area contributed by atoms with Gasteiger partial charge in [0.15, 0.2) is 0 Å². The molecule has 0 fully saturated rings. The molecule has 0 aromatic rings. The van der Waals surface area contributed by atoms with Crippen molar-refractivity contribution in [3.63, 3.8) is 0 Å². The highest BCUT2D eigenvalue weighted by atomic mass is 16.1. The summed E-state index contributed by atoms with van der Waals surface area (Å²) in [6, 6.07) is 0. The first-order valence-electron chi connectivity index (χ1n) is 7.26. The van der Waals surface area contributed by atoms with Crippen LogP contribution in [0.25, 0.3) is 0 Å². The summed E-state index contributed by atoms with van der Waals surface area (Å²) in [5.74, 6) is 5.12. The summed E-state index contributed by atoms with van der Waals surface area (Å²) < 4.78 is 0. The highest BCUT2D eigenvalue weighted by molar-refractivity contribution is 5.73. The van der Waals surface area contributed by atoms with Crippen LogP contribution in [0.3, 0.4) is 0 Å². The van der Waals surface area contributed by atoms with Gasteiger partial charge >= 0.3 is 0 Å². The lowest BCUT2D eigenvalue weighted by atomic mass is 10.1. The Bertz CT molecular complexity index is 209. The number of unbranched alkanes of at least 4 members (excludes halogenated alkanes) is 11. The Hall–Kier alpha value is -0.770. The average molecular weight is 235 g/mol. The molecule has 0 unspecified atom stereocenters. The first-order chi connectivity index (χ1) is 8.41. The number of hydrogen-bond donors (Lipinski definition) is 0. The van der Waals surface area contributed by atoms with Gasteiger partial charge in [0.2, 0.25) is 0 Å². The van der Waals surface area contributed by atoms with E-state index >= 15 is 0 Å². The summed E-state index contributed by atoms with van der Waals surface area (Å²) >= 11 is 0. The topological polar surface area (TPSA) is 17.1 Å². The van der Waals surface area contributed by atoms with Crippen LogP contribution >= 0.6 is 0 Å². The lowest BCUT2D eigenvalue weighted by molar-refractivity contribution is 0.551. The molecule has 0 aliphatic rings. The molecule has 1 radical (unpaired) electrons. The third kappa shape index (κ3) is 15.2. The van der Waals surface area contributed by atoms with Gasteiger partial charge in [-0.1, -0.05) is 77.1 Å². The van der Waals surface area contributed by atoms with Crippen molar-refractivity contribution < 1.29 is 4.79 Å². The second-order valence-electron chi connectivity index (χ2n) is 4.69. The van der Waals surface area contributed by atoms with Gasteiger partial charge in [-0.3, -0.25) is 4.79 Å². The lowest BCUT2D eigenvalue weighted by Gasteiger charge is -2.01. The smallest absolute Gasteiger partial charge is 0.275 e. The Balaban J connectivity index is 2.96. The Morgan fingerprint density at radius 1 is 0.706 bits per heavy atom. The van der Waals surface area contributed by atoms with E-state index in [1.807, 2.05) is 0 Å². The van der Waals surface area contributed by atoms with E-state index in [1.54, 1.807) is 6.29 Å². The fourth-order valence-electron chi connectivity index (χ4n) is 1.98. The third-order valence-electron chi connectivity index (χ3n) is 3.04. The quantitative estimate of drug-likeness (QED) is 0.371. The lowest BCUT2D eigenvalue weighted by Crippen LogP contribution is -1.82. The molecule has 0 aromatic heterocycles. The fraction of sp³-hybridized carbons (Fsp3) is 0.812. The summed E-state index contributed by atoms with van der Waals surface area (Å²) in [4.78, 5) is 9.81. The zero-order valence-electron chi connectivity index (χ0n) is 11.4. The Morgan fingerprint density at radius 3 is 1.65 bits per heavy atom. The molecular formula is C16H27O. The minimum Gasteiger partial charge on any atom is -0.275 e. The minimum atomic E-state index is 0.853. The maximum atomic E-state index is 9.81. The Morgan fingerprint density at radius 2 is 1.18 bits per heavy atom. The van der Waals surface area contributed by atoms with Gasteiger partial charge in [0.05, 0.1) is 0 Å². The molecule has 17 heavy (non-hydrogen) atoms. The predicted molar refractivity (Wildman–Crippen MR) is 74.5 cm³/mol. The second-order valence-corrected chi connectivity index (χ2v) is 4.69. The van der Waals surface area contributed by atoms with Crippen molar-refractivity contribution in [1.82, 2.24) is 0 Å². The molecule has 0 aliphatic carbocycles. The van der Waals surface area contributed by atoms with Crippen LogP contribution in [0.15, 0.2) is 0 Å². The van der Waals surface area contributed by atoms with Crippen LogP contribution in [-0.2, 0) is 4.79 Å². The molecule has 0 aliphatic heterocycles. The van der Waals surface area contributed by atoms with Crippen molar-refractivity contribution in [3.8, 4) is 11.8 Å². The maximum Gasteiger partial charge on any atom is 0.284 e. The molecule has 0 saturated heterocycles. The second kappa shape index (κ2) is 15.2. The maximum absolute atomic E-state index is 9.81. The number of rotatable bonds is 11. The van der Waals surface area contributed by atoms with Gasteiger partial charge < -0.3 is 0 Å². The van der Waals surface area contributed by atoms with Crippen LogP contribution < -0.4 is 0 Å². The van der Waals surface area contributed by atoms with Gasteiger partial charge in [-0.15, -0.1) is 0 Å². The van der Waals surface area contributed by atoms with Crippen molar-refractivity contribution in [2.24, 2.45) is 0 Å². The van der Waals surface area contributed by atoms with Gasteiger partial charge in [0.25, 0.3) is 6.29 Å². The highest BCUT2D eigenvalue weighted by Crippen LogP contribution is 2.11. The Labute approximate surface area is 107 Å². The largest absolute Gasteiger partial charge is 0.284 e. The molecule has 1 heteroatoms.